The number of hydrogen-bond acceptors (Lipinski definition) is 5. The van der Waals surface area contributed by atoms with Gasteiger partial charge < -0.3 is 5.32 Å². The van der Waals surface area contributed by atoms with Gasteiger partial charge in [0.15, 0.2) is 0 Å². The van der Waals surface area contributed by atoms with Crippen molar-refractivity contribution in [3.8, 4) is 11.3 Å². The lowest BCUT2D eigenvalue weighted by atomic mass is 10.1. The number of carbonyl (C=O) groups excluding carboxylic acids is 1. The summed E-state index contributed by atoms with van der Waals surface area (Å²) in [5, 5.41) is 21.4. The summed E-state index contributed by atoms with van der Waals surface area (Å²) < 4.78 is 1.42. The second-order valence-corrected chi connectivity index (χ2v) is 5.35. The lowest BCUT2D eigenvalue weighted by Crippen LogP contribution is -2.27. The molecule has 0 saturated carbocycles. The van der Waals surface area contributed by atoms with E-state index in [1.165, 1.54) is 23.0 Å². The molecule has 25 heavy (non-hydrogen) atoms. The van der Waals surface area contributed by atoms with Crippen LogP contribution in [-0.4, -0.2) is 25.8 Å². The van der Waals surface area contributed by atoms with Gasteiger partial charge in [0.1, 0.15) is 6.54 Å². The Hall–Kier alpha value is -3.55. The van der Waals surface area contributed by atoms with Crippen molar-refractivity contribution in [3.63, 3.8) is 0 Å². The summed E-state index contributed by atoms with van der Waals surface area (Å²) in [6.45, 7) is 0.394. The molecule has 0 spiro atoms. The molecule has 8 heteroatoms. The van der Waals surface area contributed by atoms with Crippen LogP contribution in [0.25, 0.3) is 11.3 Å². The number of nitro benzene ring substituents is 1. The summed E-state index contributed by atoms with van der Waals surface area (Å²) in [6, 6.07) is 15.7. The maximum atomic E-state index is 12.1. The summed E-state index contributed by atoms with van der Waals surface area (Å²) in [6.07, 6.45) is 1.48. The average molecular weight is 337 g/mol. The van der Waals surface area contributed by atoms with E-state index < -0.39 is 4.92 Å². The molecule has 0 saturated heterocycles. The standard InChI is InChI=1S/C17H15N5O3/c23-17(18-10-13-5-2-1-3-6-13)12-21-16(11-19-20-21)14-7-4-8-15(9-14)22(24)25/h1-9,11H,10,12H2,(H,18,23). The van der Waals surface area contributed by atoms with Crippen LogP contribution < -0.4 is 5.32 Å². The van der Waals surface area contributed by atoms with E-state index >= 15 is 0 Å². The van der Waals surface area contributed by atoms with Gasteiger partial charge in [-0.15, -0.1) is 5.10 Å². The number of nitro groups is 1. The first kappa shape index (κ1) is 16.3. The number of benzene rings is 2. The molecule has 0 aliphatic rings. The van der Waals surface area contributed by atoms with E-state index in [9.17, 15) is 14.9 Å². The number of nitrogens with one attached hydrogen (secondary N) is 1. The normalized spacial score (nSPS) is 10.4. The molecule has 0 fully saturated rings. The molecular weight excluding hydrogens is 322 g/mol. The molecular formula is C17H15N5O3. The molecule has 8 nitrogen and oxygen atoms in total. The van der Waals surface area contributed by atoms with Gasteiger partial charge in [-0.25, -0.2) is 4.68 Å². The van der Waals surface area contributed by atoms with E-state index in [0.29, 0.717) is 17.8 Å². The number of non-ortho nitro benzene ring substituents is 1. The zero-order valence-corrected chi connectivity index (χ0v) is 13.2. The number of aromatic nitrogens is 3. The van der Waals surface area contributed by atoms with Gasteiger partial charge >= 0.3 is 0 Å². The molecule has 1 aromatic heterocycles. The molecule has 0 atom stereocenters. The molecule has 1 heterocycles. The molecule has 1 amide bonds. The Morgan fingerprint density at radius 2 is 1.96 bits per heavy atom. The molecule has 1 N–H and O–H groups in total. The van der Waals surface area contributed by atoms with Crippen molar-refractivity contribution in [1.82, 2.24) is 20.3 Å². The molecule has 0 radical (unpaired) electrons. The fourth-order valence-corrected chi connectivity index (χ4v) is 2.37. The maximum Gasteiger partial charge on any atom is 0.270 e. The lowest BCUT2D eigenvalue weighted by Gasteiger charge is -2.08. The minimum absolute atomic E-state index is 0.0230. The fraction of sp³-hybridized carbons (Fsp3) is 0.118. The Bertz CT molecular complexity index is 892. The summed E-state index contributed by atoms with van der Waals surface area (Å²) in [7, 11) is 0. The Morgan fingerprint density at radius 3 is 2.72 bits per heavy atom. The molecule has 2 aromatic carbocycles. The zero-order valence-electron chi connectivity index (χ0n) is 13.2. The molecule has 0 unspecified atom stereocenters. The molecule has 3 aromatic rings. The van der Waals surface area contributed by atoms with E-state index in [1.807, 2.05) is 30.3 Å². The highest BCUT2D eigenvalue weighted by atomic mass is 16.6. The van der Waals surface area contributed by atoms with Gasteiger partial charge in [0.05, 0.1) is 16.8 Å². The second-order valence-electron chi connectivity index (χ2n) is 5.35. The Kier molecular flexibility index (Phi) is 4.79. The number of carbonyl (C=O) groups is 1. The van der Waals surface area contributed by atoms with Gasteiger partial charge in [-0.05, 0) is 5.56 Å². The van der Waals surface area contributed by atoms with E-state index in [-0.39, 0.29) is 18.1 Å². The van der Waals surface area contributed by atoms with Gasteiger partial charge in [-0.2, -0.15) is 0 Å². The van der Waals surface area contributed by atoms with Crippen LogP contribution in [0.15, 0.2) is 60.8 Å². The number of amides is 1. The van der Waals surface area contributed by atoms with Crippen LogP contribution in [0.3, 0.4) is 0 Å². The average Bonchev–Trinajstić information content (AvgIpc) is 3.09. The Balaban J connectivity index is 1.70. The molecule has 3 rings (SSSR count). The first-order chi connectivity index (χ1) is 12.1. The SMILES string of the molecule is O=C(Cn1nncc1-c1cccc([N+](=O)[O-])c1)NCc1ccccc1. The van der Waals surface area contributed by atoms with Crippen LogP contribution in [0.2, 0.25) is 0 Å². The third-order valence-corrected chi connectivity index (χ3v) is 3.60. The van der Waals surface area contributed by atoms with E-state index in [0.717, 1.165) is 5.56 Å². The highest BCUT2D eigenvalue weighted by Gasteiger charge is 2.13. The predicted molar refractivity (Wildman–Crippen MR) is 90.4 cm³/mol. The van der Waals surface area contributed by atoms with Crippen LogP contribution in [0.5, 0.6) is 0 Å². The fourth-order valence-electron chi connectivity index (χ4n) is 2.37. The predicted octanol–water partition coefficient (Wildman–Crippen LogP) is 2.17. The molecule has 126 valence electrons. The third-order valence-electron chi connectivity index (χ3n) is 3.60. The molecule has 0 aliphatic carbocycles. The first-order valence-electron chi connectivity index (χ1n) is 7.57. The number of nitrogens with zero attached hydrogens (tertiary/aromatic N) is 4. The minimum Gasteiger partial charge on any atom is -0.350 e. The van der Waals surface area contributed by atoms with Crippen LogP contribution >= 0.6 is 0 Å². The van der Waals surface area contributed by atoms with Crippen molar-refractivity contribution in [2.24, 2.45) is 0 Å². The second kappa shape index (κ2) is 7.35. The van der Waals surface area contributed by atoms with Crippen LogP contribution in [-0.2, 0) is 17.9 Å². The third kappa shape index (κ3) is 4.05. The largest absolute Gasteiger partial charge is 0.350 e. The van der Waals surface area contributed by atoms with Crippen molar-refractivity contribution in [1.29, 1.82) is 0 Å². The highest BCUT2D eigenvalue weighted by molar-refractivity contribution is 5.76. The maximum absolute atomic E-state index is 12.1. The number of hydrogen-bond donors (Lipinski definition) is 1. The van der Waals surface area contributed by atoms with Crippen LogP contribution in [0, 0.1) is 10.1 Å². The lowest BCUT2D eigenvalue weighted by molar-refractivity contribution is -0.384. The smallest absolute Gasteiger partial charge is 0.270 e. The topological polar surface area (TPSA) is 103 Å². The monoisotopic (exact) mass is 337 g/mol. The number of rotatable bonds is 6. The quantitative estimate of drug-likeness (QED) is 0.548. The van der Waals surface area contributed by atoms with Crippen molar-refractivity contribution in [3.05, 3.63) is 76.5 Å². The summed E-state index contributed by atoms with van der Waals surface area (Å²) in [4.78, 5) is 22.6. The van der Waals surface area contributed by atoms with E-state index in [2.05, 4.69) is 15.6 Å². The molecule has 0 aliphatic heterocycles. The minimum atomic E-state index is -0.468. The van der Waals surface area contributed by atoms with Crippen molar-refractivity contribution in [2.45, 2.75) is 13.1 Å². The Morgan fingerprint density at radius 1 is 1.16 bits per heavy atom. The molecule has 0 bridgehead atoms. The zero-order chi connectivity index (χ0) is 17.6. The van der Waals surface area contributed by atoms with Gasteiger partial charge in [0.25, 0.3) is 5.69 Å². The van der Waals surface area contributed by atoms with Crippen molar-refractivity contribution < 1.29 is 9.72 Å². The van der Waals surface area contributed by atoms with Crippen molar-refractivity contribution in [2.75, 3.05) is 0 Å². The summed E-state index contributed by atoms with van der Waals surface area (Å²) in [5.41, 5.74) is 2.08. The van der Waals surface area contributed by atoms with Gasteiger partial charge in [0.2, 0.25) is 5.91 Å². The Labute approximate surface area is 143 Å². The highest BCUT2D eigenvalue weighted by Crippen LogP contribution is 2.22. The summed E-state index contributed by atoms with van der Waals surface area (Å²) in [5.74, 6) is -0.221. The van der Waals surface area contributed by atoms with Gasteiger partial charge in [0, 0.05) is 24.2 Å². The van der Waals surface area contributed by atoms with Crippen molar-refractivity contribution >= 4 is 11.6 Å². The van der Waals surface area contributed by atoms with Gasteiger partial charge in [-0.1, -0.05) is 47.7 Å². The van der Waals surface area contributed by atoms with E-state index in [1.54, 1.807) is 12.1 Å². The van der Waals surface area contributed by atoms with Crippen LogP contribution in [0.1, 0.15) is 5.56 Å². The first-order valence-corrected chi connectivity index (χ1v) is 7.57. The van der Waals surface area contributed by atoms with E-state index in [4.69, 9.17) is 0 Å². The summed E-state index contributed by atoms with van der Waals surface area (Å²) >= 11 is 0. The van der Waals surface area contributed by atoms with Gasteiger partial charge in [-0.3, -0.25) is 14.9 Å². The van der Waals surface area contributed by atoms with Crippen LogP contribution in [0.4, 0.5) is 5.69 Å².